The number of ether oxygens (including phenoxy) is 5. The van der Waals surface area contributed by atoms with Gasteiger partial charge in [-0.1, -0.05) is 11.6 Å². The van der Waals surface area contributed by atoms with Crippen molar-refractivity contribution in [1.82, 2.24) is 0 Å². The van der Waals surface area contributed by atoms with Gasteiger partial charge in [0, 0.05) is 17.2 Å². The van der Waals surface area contributed by atoms with Crippen LogP contribution in [0.3, 0.4) is 0 Å². The molecule has 3 heterocycles. The summed E-state index contributed by atoms with van der Waals surface area (Å²) in [6.07, 6.45) is -13.0. The molecular formula is C33H40O14. The average Bonchev–Trinajstić information content (AvgIpc) is 3.03. The number of hydrogen-bond donors (Lipinski definition) is 7. The van der Waals surface area contributed by atoms with Crippen molar-refractivity contribution < 1.29 is 63.8 Å². The summed E-state index contributed by atoms with van der Waals surface area (Å²) in [7, 11) is 1.48. The Labute approximate surface area is 269 Å². The van der Waals surface area contributed by atoms with Crippen molar-refractivity contribution in [2.45, 2.75) is 95.5 Å². The van der Waals surface area contributed by atoms with Gasteiger partial charge in [-0.15, -0.1) is 0 Å². The highest BCUT2D eigenvalue weighted by Gasteiger charge is 2.50. The van der Waals surface area contributed by atoms with Crippen LogP contribution in [0.5, 0.6) is 23.0 Å². The first-order valence-electron chi connectivity index (χ1n) is 15.1. The van der Waals surface area contributed by atoms with Gasteiger partial charge in [0.1, 0.15) is 58.7 Å². The molecule has 5 rings (SSSR count). The molecule has 2 aromatic carbocycles. The van der Waals surface area contributed by atoms with Gasteiger partial charge in [-0.25, -0.2) is 0 Å². The fraction of sp³-hybridized carbons (Fsp3) is 0.485. The molecule has 3 aromatic rings. The Morgan fingerprint density at radius 1 is 0.851 bits per heavy atom. The number of phenolic OH excluding ortho intramolecular Hbond substituents is 2. The molecule has 1 aromatic heterocycles. The molecule has 10 atom stereocenters. The molecule has 14 nitrogen and oxygen atoms in total. The van der Waals surface area contributed by atoms with Gasteiger partial charge < -0.3 is 63.8 Å². The number of methoxy groups -OCH3 is 1. The van der Waals surface area contributed by atoms with E-state index in [0.717, 1.165) is 11.6 Å². The molecule has 0 aliphatic carbocycles. The molecule has 7 N–H and O–H groups in total. The smallest absolute Gasteiger partial charge is 0.239 e. The molecule has 2 aliphatic heterocycles. The summed E-state index contributed by atoms with van der Waals surface area (Å²) in [5.41, 5.74) is 0.546. The number of aliphatic hydroxyl groups is 5. The zero-order valence-corrected chi connectivity index (χ0v) is 26.4. The minimum absolute atomic E-state index is 0.0929. The Balaban J connectivity index is 1.65. The Hall–Kier alpha value is -3.73. The molecule has 47 heavy (non-hydrogen) atoms. The minimum atomic E-state index is -1.77. The van der Waals surface area contributed by atoms with Crippen molar-refractivity contribution in [3.8, 4) is 34.3 Å². The number of rotatable bonds is 8. The molecule has 2 aliphatic rings. The van der Waals surface area contributed by atoms with E-state index in [0.29, 0.717) is 11.3 Å². The molecule has 2 fully saturated rings. The first-order chi connectivity index (χ1) is 22.2. The number of aromatic hydroxyl groups is 2. The lowest BCUT2D eigenvalue weighted by atomic mass is 9.98. The van der Waals surface area contributed by atoms with E-state index in [-0.39, 0.29) is 34.5 Å². The molecule has 2 unspecified atom stereocenters. The van der Waals surface area contributed by atoms with Crippen LogP contribution in [0.4, 0.5) is 0 Å². The fourth-order valence-corrected chi connectivity index (χ4v) is 5.55. The number of benzene rings is 2. The van der Waals surface area contributed by atoms with E-state index in [2.05, 4.69) is 0 Å². The predicted octanol–water partition coefficient (Wildman–Crippen LogP) is 1.45. The molecule has 256 valence electrons. The maximum atomic E-state index is 14.2. The maximum Gasteiger partial charge on any atom is 0.239 e. The van der Waals surface area contributed by atoms with Gasteiger partial charge in [0.2, 0.25) is 17.5 Å². The predicted molar refractivity (Wildman–Crippen MR) is 165 cm³/mol. The van der Waals surface area contributed by atoms with E-state index in [4.69, 9.17) is 28.1 Å². The second-order valence-corrected chi connectivity index (χ2v) is 12.0. The van der Waals surface area contributed by atoms with E-state index in [1.54, 1.807) is 24.3 Å². The van der Waals surface area contributed by atoms with Crippen molar-refractivity contribution >= 4 is 11.0 Å². The lowest BCUT2D eigenvalue weighted by Gasteiger charge is -2.45. The van der Waals surface area contributed by atoms with Crippen LogP contribution in [0.1, 0.15) is 33.3 Å². The number of phenols is 2. The third kappa shape index (κ3) is 6.68. The normalized spacial score (nSPS) is 31.0. The molecule has 2 saturated heterocycles. The fourth-order valence-electron chi connectivity index (χ4n) is 5.55. The Kier molecular flexibility index (Phi) is 10.1. The summed E-state index contributed by atoms with van der Waals surface area (Å²) in [4.78, 5) is 14.2. The quantitative estimate of drug-likeness (QED) is 0.170. The van der Waals surface area contributed by atoms with Crippen LogP contribution < -0.4 is 14.9 Å². The second-order valence-electron chi connectivity index (χ2n) is 12.0. The Morgan fingerprint density at radius 3 is 2.09 bits per heavy atom. The van der Waals surface area contributed by atoms with Gasteiger partial charge in [-0.2, -0.15) is 0 Å². The summed E-state index contributed by atoms with van der Waals surface area (Å²) in [5.74, 6) is -0.987. The Bertz CT molecular complexity index is 1660. The molecule has 0 amide bonds. The second kappa shape index (κ2) is 13.8. The van der Waals surface area contributed by atoms with Gasteiger partial charge in [0.25, 0.3) is 0 Å². The average molecular weight is 661 g/mol. The summed E-state index contributed by atoms with van der Waals surface area (Å²) >= 11 is 0. The zero-order valence-electron chi connectivity index (χ0n) is 26.4. The van der Waals surface area contributed by atoms with E-state index < -0.39 is 78.3 Å². The van der Waals surface area contributed by atoms with Crippen molar-refractivity contribution in [2.75, 3.05) is 7.11 Å². The number of allylic oxidation sites excluding steroid dienone is 2. The molecule has 0 radical (unpaired) electrons. The topological polar surface area (TPSA) is 218 Å². The van der Waals surface area contributed by atoms with Gasteiger partial charge in [0.15, 0.2) is 18.2 Å². The standard InChI is InChI=1S/C33H40O14/c1-13(2)6-11-18-19(34)12-20(35)21-24(38)30(28(45-29(18)21)16-7-9-17(42-5)10-8-16)46-33-31(26(40)23(37)15(4)44-33)47-32-27(41)25(39)22(36)14(3)43-32/h6-10,12,14-15,22-23,25-27,31-37,39-41H,11H2,1-5H3/t14-,15-,22-,23-,25+,26+,27+,31+,32?,33?/m0/s1. The molecule has 14 heteroatoms. The number of hydrogen-bond acceptors (Lipinski definition) is 14. The van der Waals surface area contributed by atoms with Crippen LogP contribution in [-0.2, 0) is 20.6 Å². The highest BCUT2D eigenvalue weighted by atomic mass is 16.8. The van der Waals surface area contributed by atoms with Crippen molar-refractivity contribution in [2.24, 2.45) is 0 Å². The summed E-state index contributed by atoms with van der Waals surface area (Å²) < 4.78 is 34.9. The minimum Gasteiger partial charge on any atom is -0.507 e. The van der Waals surface area contributed by atoms with Crippen LogP contribution >= 0.6 is 0 Å². The zero-order chi connectivity index (χ0) is 34.3. The van der Waals surface area contributed by atoms with Crippen LogP contribution in [0.25, 0.3) is 22.3 Å². The monoisotopic (exact) mass is 660 g/mol. The lowest BCUT2D eigenvalue weighted by Crippen LogP contribution is -2.63. The third-order valence-electron chi connectivity index (χ3n) is 8.37. The van der Waals surface area contributed by atoms with Crippen LogP contribution in [-0.4, -0.2) is 104 Å². The van der Waals surface area contributed by atoms with Crippen LogP contribution in [0.2, 0.25) is 0 Å². The highest BCUT2D eigenvalue weighted by molar-refractivity contribution is 5.91. The molecule has 0 bridgehead atoms. The van der Waals surface area contributed by atoms with E-state index >= 15 is 0 Å². The van der Waals surface area contributed by atoms with Crippen molar-refractivity contribution in [3.63, 3.8) is 0 Å². The summed E-state index contributed by atoms with van der Waals surface area (Å²) in [6, 6.07) is 7.43. The van der Waals surface area contributed by atoms with Gasteiger partial charge in [-0.05, 0) is 58.4 Å². The number of fused-ring (bicyclic) bond motifs is 1. The van der Waals surface area contributed by atoms with E-state index in [9.17, 15) is 40.5 Å². The summed E-state index contributed by atoms with van der Waals surface area (Å²) in [6.45, 7) is 6.61. The molecular weight excluding hydrogens is 620 g/mol. The highest BCUT2D eigenvalue weighted by Crippen LogP contribution is 2.41. The van der Waals surface area contributed by atoms with Gasteiger partial charge >= 0.3 is 0 Å². The molecule has 0 spiro atoms. The van der Waals surface area contributed by atoms with Crippen LogP contribution in [0, 0.1) is 0 Å². The third-order valence-corrected chi connectivity index (χ3v) is 8.37. The van der Waals surface area contributed by atoms with E-state index in [1.165, 1.54) is 21.0 Å². The SMILES string of the molecule is COc1ccc(-c2oc3c(CC=C(C)C)c(O)cc(O)c3c(=O)c2OC2O[C@@H](C)[C@H](O)[C@@H](O)[C@H]2OC2O[C@@H](C)[C@H](O)[C@@H](O)[C@H]2O)cc1. The van der Waals surface area contributed by atoms with Crippen LogP contribution in [0.15, 0.2) is 51.2 Å². The lowest BCUT2D eigenvalue weighted by molar-refractivity contribution is -0.352. The molecule has 0 saturated carbocycles. The van der Waals surface area contributed by atoms with Crippen molar-refractivity contribution in [1.29, 1.82) is 0 Å². The Morgan fingerprint density at radius 2 is 1.47 bits per heavy atom. The van der Waals surface area contributed by atoms with E-state index in [1.807, 2.05) is 19.9 Å². The number of aliphatic hydroxyl groups excluding tert-OH is 5. The first kappa shape index (κ1) is 34.6. The first-order valence-corrected chi connectivity index (χ1v) is 15.1. The van der Waals surface area contributed by atoms with Gasteiger partial charge in [0.05, 0.1) is 19.3 Å². The van der Waals surface area contributed by atoms with Crippen molar-refractivity contribution in [3.05, 3.63) is 57.8 Å². The maximum absolute atomic E-state index is 14.2. The largest absolute Gasteiger partial charge is 0.507 e. The van der Waals surface area contributed by atoms with Gasteiger partial charge in [-0.3, -0.25) is 4.79 Å². The summed E-state index contributed by atoms with van der Waals surface area (Å²) in [5, 5.41) is 74.0.